The first kappa shape index (κ1) is 13.6. The average Bonchev–Trinajstić information content (AvgIpc) is 2.16. The van der Waals surface area contributed by atoms with Gasteiger partial charge in [0, 0.05) is 13.0 Å². The van der Waals surface area contributed by atoms with Crippen molar-refractivity contribution in [3.8, 4) is 0 Å². The van der Waals surface area contributed by atoms with Gasteiger partial charge in [0.25, 0.3) is 0 Å². The van der Waals surface area contributed by atoms with Crippen molar-refractivity contribution in [2.24, 2.45) is 5.92 Å². The summed E-state index contributed by atoms with van der Waals surface area (Å²) >= 11 is 0. The number of rotatable bonds is 8. The van der Waals surface area contributed by atoms with Gasteiger partial charge in [0.15, 0.2) is 0 Å². The van der Waals surface area contributed by atoms with Gasteiger partial charge in [-0.3, -0.25) is 9.69 Å². The van der Waals surface area contributed by atoms with Gasteiger partial charge in [0.05, 0.1) is 6.54 Å². The van der Waals surface area contributed by atoms with E-state index >= 15 is 0 Å². The molecule has 0 aromatic carbocycles. The zero-order valence-electron chi connectivity index (χ0n) is 10.2. The van der Waals surface area contributed by atoms with Crippen LogP contribution >= 0.6 is 0 Å². The van der Waals surface area contributed by atoms with E-state index in [-0.39, 0.29) is 0 Å². The molecule has 0 saturated carbocycles. The molecule has 0 amide bonds. The highest BCUT2D eigenvalue weighted by Gasteiger charge is 2.10. The van der Waals surface area contributed by atoms with Crippen LogP contribution in [0.4, 0.5) is 0 Å². The lowest BCUT2D eigenvalue weighted by Gasteiger charge is -2.22. The van der Waals surface area contributed by atoms with Gasteiger partial charge >= 0.3 is 0 Å². The van der Waals surface area contributed by atoms with E-state index in [2.05, 4.69) is 32.6 Å². The van der Waals surface area contributed by atoms with Crippen molar-refractivity contribution in [3.63, 3.8) is 0 Å². The zero-order valence-corrected chi connectivity index (χ0v) is 10.2. The predicted molar refractivity (Wildman–Crippen MR) is 61.5 cm³/mol. The molecule has 84 valence electrons. The summed E-state index contributed by atoms with van der Waals surface area (Å²) in [5.41, 5.74) is 0. The standard InChI is InChI=1S/C12H25NO/c1-5-8-12(14)10-13(7-3)9-11(4)6-2/h11H,5-10H2,1-4H3. The monoisotopic (exact) mass is 199 g/mol. The van der Waals surface area contributed by atoms with Crippen LogP contribution in [0.25, 0.3) is 0 Å². The van der Waals surface area contributed by atoms with Gasteiger partial charge in [-0.2, -0.15) is 0 Å². The summed E-state index contributed by atoms with van der Waals surface area (Å²) < 4.78 is 0. The van der Waals surface area contributed by atoms with Crippen LogP contribution in [0.1, 0.15) is 47.0 Å². The third kappa shape index (κ3) is 6.14. The number of Topliss-reactive ketones (excluding diaryl/α,β-unsaturated/α-hetero) is 1. The van der Waals surface area contributed by atoms with Gasteiger partial charge in [-0.05, 0) is 18.9 Å². The summed E-state index contributed by atoms with van der Waals surface area (Å²) in [6, 6.07) is 0. The van der Waals surface area contributed by atoms with Crippen molar-refractivity contribution in [2.75, 3.05) is 19.6 Å². The molecule has 0 bridgehead atoms. The highest BCUT2D eigenvalue weighted by atomic mass is 16.1. The average molecular weight is 199 g/mol. The normalized spacial score (nSPS) is 13.2. The van der Waals surface area contributed by atoms with E-state index < -0.39 is 0 Å². The molecule has 0 aromatic heterocycles. The van der Waals surface area contributed by atoms with Gasteiger partial charge in [-0.1, -0.05) is 34.1 Å². The molecule has 0 aliphatic rings. The highest BCUT2D eigenvalue weighted by Crippen LogP contribution is 2.04. The molecule has 0 fully saturated rings. The minimum atomic E-state index is 0.387. The molecule has 2 heteroatoms. The van der Waals surface area contributed by atoms with Crippen molar-refractivity contribution >= 4 is 5.78 Å². The number of hydrogen-bond acceptors (Lipinski definition) is 2. The molecule has 0 spiro atoms. The summed E-state index contributed by atoms with van der Waals surface area (Å²) in [5.74, 6) is 1.09. The van der Waals surface area contributed by atoms with E-state index in [4.69, 9.17) is 0 Å². The van der Waals surface area contributed by atoms with Gasteiger partial charge in [-0.25, -0.2) is 0 Å². The Morgan fingerprint density at radius 2 is 1.93 bits per heavy atom. The Morgan fingerprint density at radius 1 is 1.29 bits per heavy atom. The van der Waals surface area contributed by atoms with Crippen molar-refractivity contribution in [1.82, 2.24) is 4.90 Å². The maximum atomic E-state index is 11.4. The fraction of sp³-hybridized carbons (Fsp3) is 0.917. The summed E-state index contributed by atoms with van der Waals surface area (Å²) in [6.45, 7) is 11.3. The van der Waals surface area contributed by atoms with Crippen molar-refractivity contribution in [3.05, 3.63) is 0 Å². The molecule has 0 aromatic rings. The van der Waals surface area contributed by atoms with E-state index in [1.165, 1.54) is 6.42 Å². The third-order valence-corrected chi connectivity index (χ3v) is 2.64. The Labute approximate surface area is 88.7 Å². The van der Waals surface area contributed by atoms with E-state index in [1.54, 1.807) is 0 Å². The van der Waals surface area contributed by atoms with E-state index in [0.29, 0.717) is 18.2 Å². The first-order valence-corrected chi connectivity index (χ1v) is 5.88. The summed E-state index contributed by atoms with van der Waals surface area (Å²) in [4.78, 5) is 13.7. The second-order valence-corrected chi connectivity index (χ2v) is 4.13. The highest BCUT2D eigenvalue weighted by molar-refractivity contribution is 5.80. The van der Waals surface area contributed by atoms with Crippen LogP contribution in [-0.4, -0.2) is 30.3 Å². The van der Waals surface area contributed by atoms with Crippen molar-refractivity contribution < 1.29 is 4.79 Å². The molecule has 1 atom stereocenters. The smallest absolute Gasteiger partial charge is 0.146 e. The first-order valence-electron chi connectivity index (χ1n) is 5.88. The van der Waals surface area contributed by atoms with E-state index in [0.717, 1.165) is 25.9 Å². The molecular formula is C12H25NO. The lowest BCUT2D eigenvalue weighted by Crippen LogP contribution is -2.33. The quantitative estimate of drug-likeness (QED) is 0.599. The predicted octanol–water partition coefficient (Wildman–Crippen LogP) is 2.72. The molecule has 0 aliphatic heterocycles. The van der Waals surface area contributed by atoms with Crippen LogP contribution in [0.15, 0.2) is 0 Å². The van der Waals surface area contributed by atoms with E-state index in [9.17, 15) is 4.79 Å². The van der Waals surface area contributed by atoms with Crippen LogP contribution < -0.4 is 0 Å². The molecule has 0 saturated heterocycles. The van der Waals surface area contributed by atoms with E-state index in [1.807, 2.05) is 0 Å². The van der Waals surface area contributed by atoms with Crippen molar-refractivity contribution in [1.29, 1.82) is 0 Å². The minimum Gasteiger partial charge on any atom is -0.298 e. The number of carbonyl (C=O) groups is 1. The molecule has 0 heterocycles. The van der Waals surface area contributed by atoms with Gasteiger partial charge in [0.2, 0.25) is 0 Å². The Morgan fingerprint density at radius 3 is 2.36 bits per heavy atom. The minimum absolute atomic E-state index is 0.387. The Hall–Kier alpha value is -0.370. The second kappa shape index (κ2) is 7.98. The molecule has 1 unspecified atom stereocenters. The van der Waals surface area contributed by atoms with Crippen LogP contribution in [0.3, 0.4) is 0 Å². The fourth-order valence-corrected chi connectivity index (χ4v) is 1.48. The lowest BCUT2D eigenvalue weighted by molar-refractivity contribution is -0.120. The maximum absolute atomic E-state index is 11.4. The van der Waals surface area contributed by atoms with Crippen LogP contribution in [0, 0.1) is 5.92 Å². The summed E-state index contributed by atoms with van der Waals surface area (Å²) in [6.07, 6.45) is 2.90. The molecule has 2 nitrogen and oxygen atoms in total. The molecular weight excluding hydrogens is 174 g/mol. The maximum Gasteiger partial charge on any atom is 0.146 e. The Bertz CT molecular complexity index is 156. The molecule has 0 radical (unpaired) electrons. The first-order chi connectivity index (χ1) is 6.63. The van der Waals surface area contributed by atoms with Gasteiger partial charge in [0.1, 0.15) is 5.78 Å². The third-order valence-electron chi connectivity index (χ3n) is 2.64. The Kier molecular flexibility index (Phi) is 7.77. The molecule has 0 aliphatic carbocycles. The largest absolute Gasteiger partial charge is 0.298 e. The number of carbonyl (C=O) groups excluding carboxylic acids is 1. The number of ketones is 1. The van der Waals surface area contributed by atoms with Crippen LogP contribution in [-0.2, 0) is 4.79 Å². The summed E-state index contributed by atoms with van der Waals surface area (Å²) in [7, 11) is 0. The molecule has 0 N–H and O–H groups in total. The van der Waals surface area contributed by atoms with Crippen LogP contribution in [0.5, 0.6) is 0 Å². The zero-order chi connectivity index (χ0) is 11.0. The fourth-order valence-electron chi connectivity index (χ4n) is 1.48. The second-order valence-electron chi connectivity index (χ2n) is 4.13. The van der Waals surface area contributed by atoms with Crippen molar-refractivity contribution in [2.45, 2.75) is 47.0 Å². The molecule has 0 rings (SSSR count). The number of hydrogen-bond donors (Lipinski definition) is 0. The van der Waals surface area contributed by atoms with Crippen LogP contribution in [0.2, 0.25) is 0 Å². The Balaban J connectivity index is 3.83. The summed E-state index contributed by atoms with van der Waals surface area (Å²) in [5, 5.41) is 0. The molecule has 14 heavy (non-hydrogen) atoms. The number of likely N-dealkylation sites (N-methyl/N-ethyl adjacent to an activating group) is 1. The van der Waals surface area contributed by atoms with Gasteiger partial charge in [-0.15, -0.1) is 0 Å². The lowest BCUT2D eigenvalue weighted by atomic mass is 10.1. The topological polar surface area (TPSA) is 20.3 Å². The number of nitrogens with zero attached hydrogens (tertiary/aromatic N) is 1. The SMILES string of the molecule is CCCC(=O)CN(CC)CC(C)CC. The van der Waals surface area contributed by atoms with Gasteiger partial charge < -0.3 is 0 Å².